The van der Waals surface area contributed by atoms with Gasteiger partial charge < -0.3 is 19.5 Å². The van der Waals surface area contributed by atoms with Gasteiger partial charge in [-0.05, 0) is 31.6 Å². The van der Waals surface area contributed by atoms with E-state index in [0.717, 1.165) is 6.42 Å². The van der Waals surface area contributed by atoms with Crippen molar-refractivity contribution in [2.24, 2.45) is 11.8 Å². The van der Waals surface area contributed by atoms with E-state index >= 15 is 0 Å². The minimum absolute atomic E-state index is 0.0297. The van der Waals surface area contributed by atoms with Crippen molar-refractivity contribution in [3.63, 3.8) is 0 Å². The van der Waals surface area contributed by atoms with E-state index in [2.05, 4.69) is 15.5 Å². The number of carbonyl (C=O) groups excluding carboxylic acids is 2. The van der Waals surface area contributed by atoms with Gasteiger partial charge in [0.1, 0.15) is 6.61 Å². The molecule has 8 heteroatoms. The van der Waals surface area contributed by atoms with Crippen LogP contribution >= 0.6 is 0 Å². The second-order valence-corrected chi connectivity index (χ2v) is 8.01. The first kappa shape index (κ1) is 18.8. The van der Waals surface area contributed by atoms with Crippen molar-refractivity contribution in [1.29, 1.82) is 0 Å². The first-order chi connectivity index (χ1) is 12.3. The van der Waals surface area contributed by atoms with E-state index in [1.165, 1.54) is 7.11 Å². The highest BCUT2D eigenvalue weighted by molar-refractivity contribution is 5.78. The zero-order chi connectivity index (χ0) is 18.9. The highest BCUT2D eigenvalue weighted by Gasteiger charge is 2.58. The Balaban J connectivity index is 1.78. The number of nitrogens with one attached hydrogen (secondary N) is 1. The molecule has 1 aromatic heterocycles. The summed E-state index contributed by atoms with van der Waals surface area (Å²) in [5.74, 6) is 1.72. The summed E-state index contributed by atoms with van der Waals surface area (Å²) in [7, 11) is 1.52. The summed E-state index contributed by atoms with van der Waals surface area (Å²) in [5.41, 5.74) is -0.388. The molecule has 1 N–H and O–H groups in total. The van der Waals surface area contributed by atoms with Crippen LogP contribution in [0.2, 0.25) is 0 Å². The fourth-order valence-corrected chi connectivity index (χ4v) is 4.37. The molecule has 2 aliphatic rings. The van der Waals surface area contributed by atoms with Gasteiger partial charge in [-0.3, -0.25) is 9.59 Å². The van der Waals surface area contributed by atoms with Gasteiger partial charge in [-0.2, -0.15) is 4.98 Å². The Hall–Kier alpha value is -1.96. The molecule has 2 heterocycles. The third-order valence-electron chi connectivity index (χ3n) is 5.41. The molecule has 0 radical (unpaired) electrons. The molecule has 1 aliphatic carbocycles. The minimum Gasteiger partial charge on any atom is -0.375 e. The van der Waals surface area contributed by atoms with Gasteiger partial charge in [0, 0.05) is 32.7 Å². The highest BCUT2D eigenvalue weighted by atomic mass is 16.5. The summed E-state index contributed by atoms with van der Waals surface area (Å²) in [6.07, 6.45) is 2.04. The lowest BCUT2D eigenvalue weighted by atomic mass is 9.80. The molecule has 144 valence electrons. The van der Waals surface area contributed by atoms with Gasteiger partial charge in [0.15, 0.2) is 5.82 Å². The lowest BCUT2D eigenvalue weighted by molar-refractivity contribution is -0.134. The summed E-state index contributed by atoms with van der Waals surface area (Å²) in [5, 5.41) is 7.10. The number of aromatic nitrogens is 2. The molecule has 3 rings (SSSR count). The molecule has 8 nitrogen and oxygen atoms in total. The van der Waals surface area contributed by atoms with Gasteiger partial charge in [0.2, 0.25) is 17.7 Å². The molecule has 26 heavy (non-hydrogen) atoms. The van der Waals surface area contributed by atoms with E-state index < -0.39 is 0 Å². The minimum atomic E-state index is -0.388. The average molecular weight is 364 g/mol. The number of hydrogen-bond acceptors (Lipinski definition) is 6. The predicted molar refractivity (Wildman–Crippen MR) is 93.3 cm³/mol. The van der Waals surface area contributed by atoms with Gasteiger partial charge in [-0.15, -0.1) is 0 Å². The SMILES string of the molecule is COCC(=O)N1CC2C[C@@H](NC(=O)CC(C)C)C[C@]2(c2nc(C)no2)C1. The smallest absolute Gasteiger partial charge is 0.248 e. The van der Waals surface area contributed by atoms with Crippen LogP contribution in [0.5, 0.6) is 0 Å². The summed E-state index contributed by atoms with van der Waals surface area (Å²) >= 11 is 0. The summed E-state index contributed by atoms with van der Waals surface area (Å²) in [4.78, 5) is 30.8. The van der Waals surface area contributed by atoms with Crippen LogP contribution in [-0.2, 0) is 19.7 Å². The molecule has 1 saturated carbocycles. The average Bonchev–Trinajstić information content (AvgIpc) is 3.19. The van der Waals surface area contributed by atoms with Gasteiger partial charge in [-0.25, -0.2) is 0 Å². The standard InChI is InChI=1S/C18H28N4O4/c1-11(2)5-15(23)20-14-6-13-8-22(16(24)9-25-4)10-18(13,7-14)17-19-12(3)21-26-17/h11,13-14H,5-10H2,1-4H3,(H,20,23)/t13?,14-,18+/m1/s1. The molecule has 1 aromatic rings. The maximum atomic E-state index is 12.3. The van der Waals surface area contributed by atoms with Crippen molar-refractivity contribution < 1.29 is 18.8 Å². The van der Waals surface area contributed by atoms with Crippen LogP contribution in [0.3, 0.4) is 0 Å². The maximum absolute atomic E-state index is 12.3. The molecule has 2 amide bonds. The Bertz CT molecular complexity index is 674. The van der Waals surface area contributed by atoms with E-state index in [1.807, 2.05) is 18.7 Å². The topological polar surface area (TPSA) is 97.6 Å². The lowest BCUT2D eigenvalue weighted by Gasteiger charge is -2.25. The molecule has 0 spiro atoms. The third kappa shape index (κ3) is 3.60. The zero-order valence-corrected chi connectivity index (χ0v) is 15.9. The van der Waals surface area contributed by atoms with Crippen LogP contribution < -0.4 is 5.32 Å². The van der Waals surface area contributed by atoms with Gasteiger partial charge in [-0.1, -0.05) is 19.0 Å². The lowest BCUT2D eigenvalue weighted by Crippen LogP contribution is -2.40. The fraction of sp³-hybridized carbons (Fsp3) is 0.778. The number of amides is 2. The number of ether oxygens (including phenoxy) is 1. The maximum Gasteiger partial charge on any atom is 0.248 e. The number of hydrogen-bond donors (Lipinski definition) is 1. The number of carbonyl (C=O) groups is 2. The largest absolute Gasteiger partial charge is 0.375 e. The number of rotatable bonds is 6. The number of fused-ring (bicyclic) bond motifs is 1. The van der Waals surface area contributed by atoms with Crippen molar-refractivity contribution in [3.05, 3.63) is 11.7 Å². The van der Waals surface area contributed by atoms with Crippen molar-refractivity contribution in [1.82, 2.24) is 20.4 Å². The summed E-state index contributed by atoms with van der Waals surface area (Å²) < 4.78 is 10.5. The van der Waals surface area contributed by atoms with E-state index in [4.69, 9.17) is 9.26 Å². The summed E-state index contributed by atoms with van der Waals surface area (Å²) in [6, 6.07) is 0.0677. The van der Waals surface area contributed by atoms with Crippen LogP contribution in [-0.4, -0.2) is 59.7 Å². The van der Waals surface area contributed by atoms with Gasteiger partial charge >= 0.3 is 0 Å². The molecule has 1 aliphatic heterocycles. The molecule has 2 fully saturated rings. The van der Waals surface area contributed by atoms with Gasteiger partial charge in [0.25, 0.3) is 0 Å². The van der Waals surface area contributed by atoms with Crippen LogP contribution in [0.4, 0.5) is 0 Å². The second kappa shape index (κ2) is 7.34. The van der Waals surface area contributed by atoms with E-state index in [9.17, 15) is 9.59 Å². The second-order valence-electron chi connectivity index (χ2n) is 8.01. The van der Waals surface area contributed by atoms with E-state index in [1.54, 1.807) is 6.92 Å². The van der Waals surface area contributed by atoms with Gasteiger partial charge in [0.05, 0.1) is 5.41 Å². The number of aryl methyl sites for hydroxylation is 1. The van der Waals surface area contributed by atoms with Crippen molar-refractivity contribution >= 4 is 11.8 Å². The molecule has 0 bridgehead atoms. The quantitative estimate of drug-likeness (QED) is 0.810. The van der Waals surface area contributed by atoms with E-state index in [0.29, 0.717) is 43.6 Å². The van der Waals surface area contributed by atoms with Crippen molar-refractivity contribution in [2.45, 2.75) is 51.5 Å². The molecule has 1 unspecified atom stereocenters. The molecule has 3 atom stereocenters. The van der Waals surface area contributed by atoms with Crippen molar-refractivity contribution in [2.75, 3.05) is 26.8 Å². The monoisotopic (exact) mass is 364 g/mol. The van der Waals surface area contributed by atoms with Crippen LogP contribution in [0.15, 0.2) is 4.52 Å². The van der Waals surface area contributed by atoms with E-state index in [-0.39, 0.29) is 35.8 Å². The Morgan fingerprint density at radius 1 is 1.46 bits per heavy atom. The molecule has 1 saturated heterocycles. The predicted octanol–water partition coefficient (Wildman–Crippen LogP) is 1.05. The highest BCUT2D eigenvalue weighted by Crippen LogP contribution is 2.50. The first-order valence-corrected chi connectivity index (χ1v) is 9.21. The molecular weight excluding hydrogens is 336 g/mol. The third-order valence-corrected chi connectivity index (χ3v) is 5.41. The molecular formula is C18H28N4O4. The Labute approximate surface area is 153 Å². The number of likely N-dealkylation sites (tertiary alicyclic amines) is 1. The van der Waals surface area contributed by atoms with Crippen molar-refractivity contribution in [3.8, 4) is 0 Å². The summed E-state index contributed by atoms with van der Waals surface area (Å²) in [6.45, 7) is 7.08. The Morgan fingerprint density at radius 3 is 2.85 bits per heavy atom. The molecule has 0 aromatic carbocycles. The Kier molecular flexibility index (Phi) is 5.32. The Morgan fingerprint density at radius 2 is 2.23 bits per heavy atom. The zero-order valence-electron chi connectivity index (χ0n) is 15.9. The number of nitrogens with zero attached hydrogens (tertiary/aromatic N) is 3. The first-order valence-electron chi connectivity index (χ1n) is 9.21. The fourth-order valence-electron chi connectivity index (χ4n) is 4.37. The van der Waals surface area contributed by atoms with Crippen LogP contribution in [0.1, 0.15) is 44.8 Å². The van der Waals surface area contributed by atoms with Crippen LogP contribution in [0, 0.1) is 18.8 Å². The van der Waals surface area contributed by atoms with Crippen LogP contribution in [0.25, 0.3) is 0 Å². The normalized spacial score (nSPS) is 27.8. The number of methoxy groups -OCH3 is 1.